The molecule has 3 aromatic rings. The average Bonchev–Trinajstić information content (AvgIpc) is 3.09. The van der Waals surface area contributed by atoms with Gasteiger partial charge in [-0.15, -0.1) is 11.3 Å². The Labute approximate surface area is 137 Å². The largest absolute Gasteiger partial charge is 0.465 e. The van der Waals surface area contributed by atoms with E-state index in [0.29, 0.717) is 5.57 Å². The second-order valence-corrected chi connectivity index (χ2v) is 5.63. The Morgan fingerprint density at radius 3 is 2.65 bits per heavy atom. The minimum Gasteiger partial charge on any atom is -0.465 e. The van der Waals surface area contributed by atoms with Gasteiger partial charge in [0.15, 0.2) is 0 Å². The summed E-state index contributed by atoms with van der Waals surface area (Å²) in [5.74, 6) is -0.399. The lowest BCUT2D eigenvalue weighted by molar-refractivity contribution is -0.133. The van der Waals surface area contributed by atoms with Crippen molar-refractivity contribution in [1.82, 2.24) is 15.0 Å². The molecule has 0 fully saturated rings. The molecule has 0 N–H and O–H groups in total. The van der Waals surface area contributed by atoms with Crippen molar-refractivity contribution in [2.75, 3.05) is 7.11 Å². The molecule has 114 valence electrons. The van der Waals surface area contributed by atoms with E-state index in [1.165, 1.54) is 18.4 Å². The zero-order chi connectivity index (χ0) is 16.1. The normalized spacial score (nSPS) is 11.3. The van der Waals surface area contributed by atoms with Crippen molar-refractivity contribution in [2.45, 2.75) is 0 Å². The third-order valence-corrected chi connectivity index (χ3v) is 4.06. The third-order valence-electron chi connectivity index (χ3n) is 3.09. The highest BCUT2D eigenvalue weighted by molar-refractivity contribution is 7.15. The molecule has 3 aromatic heterocycles. The van der Waals surface area contributed by atoms with Crippen molar-refractivity contribution in [3.8, 4) is 10.7 Å². The van der Waals surface area contributed by atoms with Gasteiger partial charge in [0, 0.05) is 29.7 Å². The molecule has 0 aliphatic rings. The van der Waals surface area contributed by atoms with Crippen LogP contribution in [-0.4, -0.2) is 28.0 Å². The lowest BCUT2D eigenvalue weighted by Gasteiger charge is -2.04. The Morgan fingerprint density at radius 2 is 1.96 bits per heavy atom. The number of thiazole rings is 1. The van der Waals surface area contributed by atoms with Crippen molar-refractivity contribution in [3.63, 3.8) is 0 Å². The molecule has 0 atom stereocenters. The highest BCUT2D eigenvalue weighted by atomic mass is 32.1. The Hall–Kier alpha value is -2.86. The van der Waals surface area contributed by atoms with Gasteiger partial charge >= 0.3 is 5.97 Å². The Balaban J connectivity index is 1.98. The van der Waals surface area contributed by atoms with Gasteiger partial charge in [0.1, 0.15) is 5.01 Å². The summed E-state index contributed by atoms with van der Waals surface area (Å²) in [5, 5.41) is 0.802. The van der Waals surface area contributed by atoms with Gasteiger partial charge in [-0.2, -0.15) is 0 Å². The van der Waals surface area contributed by atoms with Gasteiger partial charge in [-0.3, -0.25) is 9.97 Å². The van der Waals surface area contributed by atoms with Crippen LogP contribution in [0.3, 0.4) is 0 Å². The number of pyridine rings is 2. The van der Waals surface area contributed by atoms with Crippen LogP contribution in [0.25, 0.3) is 22.4 Å². The molecule has 0 saturated heterocycles. The summed E-state index contributed by atoms with van der Waals surface area (Å²) in [7, 11) is 1.36. The van der Waals surface area contributed by atoms with E-state index in [1.807, 2.05) is 18.2 Å². The number of rotatable bonds is 4. The fraction of sp³-hybridized carbons (Fsp3) is 0.0588. The minimum atomic E-state index is -0.399. The van der Waals surface area contributed by atoms with E-state index < -0.39 is 5.97 Å². The molecule has 0 aliphatic carbocycles. The number of hydrogen-bond donors (Lipinski definition) is 0. The number of hydrogen-bond acceptors (Lipinski definition) is 6. The Bertz CT molecular complexity index is 829. The first kappa shape index (κ1) is 15.1. The molecule has 0 spiro atoms. The maximum atomic E-state index is 12.1. The van der Waals surface area contributed by atoms with Crippen molar-refractivity contribution in [1.29, 1.82) is 0 Å². The monoisotopic (exact) mass is 323 g/mol. The van der Waals surface area contributed by atoms with Gasteiger partial charge in [0.05, 0.1) is 18.4 Å². The van der Waals surface area contributed by atoms with Crippen LogP contribution in [0.5, 0.6) is 0 Å². The Morgan fingerprint density at radius 1 is 1.13 bits per heavy atom. The molecule has 5 nitrogen and oxygen atoms in total. The fourth-order valence-electron chi connectivity index (χ4n) is 2.00. The zero-order valence-electron chi connectivity index (χ0n) is 12.3. The summed E-state index contributed by atoms with van der Waals surface area (Å²) in [5.41, 5.74) is 2.02. The van der Waals surface area contributed by atoms with E-state index in [1.54, 1.807) is 43.0 Å². The van der Waals surface area contributed by atoms with Crippen molar-refractivity contribution < 1.29 is 9.53 Å². The smallest absolute Gasteiger partial charge is 0.338 e. The van der Waals surface area contributed by atoms with Crippen LogP contribution < -0.4 is 0 Å². The predicted molar refractivity (Wildman–Crippen MR) is 89.5 cm³/mol. The van der Waals surface area contributed by atoms with Crippen LogP contribution in [-0.2, 0) is 9.53 Å². The Kier molecular flexibility index (Phi) is 4.54. The number of ether oxygens (including phenoxy) is 1. The van der Waals surface area contributed by atoms with E-state index >= 15 is 0 Å². The van der Waals surface area contributed by atoms with E-state index in [0.717, 1.165) is 21.1 Å². The van der Waals surface area contributed by atoms with Crippen molar-refractivity contribution >= 4 is 29.0 Å². The fourth-order valence-corrected chi connectivity index (χ4v) is 2.84. The van der Waals surface area contributed by atoms with E-state index in [2.05, 4.69) is 15.0 Å². The van der Waals surface area contributed by atoms with Gasteiger partial charge in [-0.1, -0.05) is 6.07 Å². The summed E-state index contributed by atoms with van der Waals surface area (Å²) in [6.45, 7) is 0. The quantitative estimate of drug-likeness (QED) is 0.544. The number of methoxy groups -OCH3 is 1. The molecular formula is C17H13N3O2S. The molecule has 23 heavy (non-hydrogen) atoms. The molecule has 0 bridgehead atoms. The molecule has 3 rings (SSSR count). The summed E-state index contributed by atoms with van der Waals surface area (Å²) in [4.78, 5) is 25.5. The number of carbonyl (C=O) groups is 1. The maximum absolute atomic E-state index is 12.1. The number of aromatic nitrogens is 3. The molecule has 0 radical (unpaired) electrons. The predicted octanol–water partition coefficient (Wildman–Crippen LogP) is 3.31. The summed E-state index contributed by atoms with van der Waals surface area (Å²) < 4.78 is 4.87. The minimum absolute atomic E-state index is 0.399. The lowest BCUT2D eigenvalue weighted by atomic mass is 10.1. The molecule has 6 heteroatoms. The van der Waals surface area contributed by atoms with Gasteiger partial charge in [-0.05, 0) is 35.9 Å². The van der Waals surface area contributed by atoms with Crippen molar-refractivity contribution in [2.24, 2.45) is 0 Å². The summed E-state index contributed by atoms with van der Waals surface area (Å²) >= 11 is 1.46. The topological polar surface area (TPSA) is 65.0 Å². The first-order valence-corrected chi connectivity index (χ1v) is 7.67. The third kappa shape index (κ3) is 3.49. The maximum Gasteiger partial charge on any atom is 0.338 e. The summed E-state index contributed by atoms with van der Waals surface area (Å²) in [6, 6.07) is 9.20. The molecule has 0 unspecified atom stereocenters. The van der Waals surface area contributed by atoms with Crippen LogP contribution in [0.15, 0.2) is 55.1 Å². The number of nitrogens with zero attached hydrogens (tertiary/aromatic N) is 3. The second-order valence-electron chi connectivity index (χ2n) is 4.57. The van der Waals surface area contributed by atoms with Gasteiger partial charge < -0.3 is 4.74 Å². The first-order chi connectivity index (χ1) is 11.3. The first-order valence-electron chi connectivity index (χ1n) is 6.85. The van der Waals surface area contributed by atoms with Crippen LogP contribution in [0.2, 0.25) is 0 Å². The van der Waals surface area contributed by atoms with Gasteiger partial charge in [-0.25, -0.2) is 9.78 Å². The highest BCUT2D eigenvalue weighted by Crippen LogP contribution is 2.27. The molecular weight excluding hydrogens is 310 g/mol. The van der Waals surface area contributed by atoms with Gasteiger partial charge in [0.2, 0.25) is 0 Å². The van der Waals surface area contributed by atoms with Crippen molar-refractivity contribution in [3.05, 3.63) is 65.6 Å². The van der Waals surface area contributed by atoms with Gasteiger partial charge in [0.25, 0.3) is 0 Å². The van der Waals surface area contributed by atoms with Crippen LogP contribution >= 0.6 is 11.3 Å². The number of esters is 1. The number of carbonyl (C=O) groups excluding carboxylic acids is 1. The molecule has 3 heterocycles. The SMILES string of the molecule is COC(=O)/C(=C\c1cnc(-c2ccccn2)s1)c1ccncc1. The average molecular weight is 323 g/mol. The molecule has 0 aliphatic heterocycles. The highest BCUT2D eigenvalue weighted by Gasteiger charge is 2.13. The van der Waals surface area contributed by atoms with Crippen LogP contribution in [0, 0.1) is 0 Å². The lowest BCUT2D eigenvalue weighted by Crippen LogP contribution is -2.03. The van der Waals surface area contributed by atoms with E-state index in [4.69, 9.17) is 4.74 Å². The van der Waals surface area contributed by atoms with E-state index in [-0.39, 0.29) is 0 Å². The summed E-state index contributed by atoms with van der Waals surface area (Å²) in [6.07, 6.45) is 8.49. The molecule has 0 aromatic carbocycles. The van der Waals surface area contributed by atoms with E-state index in [9.17, 15) is 4.79 Å². The van der Waals surface area contributed by atoms with Crippen LogP contribution in [0.1, 0.15) is 10.4 Å². The molecule has 0 amide bonds. The molecule has 0 saturated carbocycles. The second kappa shape index (κ2) is 6.93. The standard InChI is InChI=1S/C17H13N3O2S/c1-22-17(21)14(12-5-8-18-9-6-12)10-13-11-20-16(23-13)15-4-2-3-7-19-15/h2-11H,1H3/b14-10-. The zero-order valence-corrected chi connectivity index (χ0v) is 13.2. The van der Waals surface area contributed by atoms with Crippen LogP contribution in [0.4, 0.5) is 0 Å².